The lowest BCUT2D eigenvalue weighted by Crippen LogP contribution is -2.33. The van der Waals surface area contributed by atoms with Crippen LogP contribution in [0.3, 0.4) is 0 Å². The fourth-order valence-corrected chi connectivity index (χ4v) is 5.22. The van der Waals surface area contributed by atoms with Crippen molar-refractivity contribution in [2.45, 2.75) is 26.3 Å². The molecular formula is C22H23N3O5S. The lowest BCUT2D eigenvalue weighted by Gasteiger charge is -2.22. The van der Waals surface area contributed by atoms with E-state index in [9.17, 15) is 19.2 Å². The highest BCUT2D eigenvalue weighted by Crippen LogP contribution is 2.37. The van der Waals surface area contributed by atoms with Gasteiger partial charge >= 0.3 is 5.97 Å². The van der Waals surface area contributed by atoms with Gasteiger partial charge in [-0.2, -0.15) is 0 Å². The summed E-state index contributed by atoms with van der Waals surface area (Å²) in [6.45, 7) is 3.49. The molecule has 0 saturated carbocycles. The zero-order chi connectivity index (χ0) is 22.1. The number of benzene rings is 1. The van der Waals surface area contributed by atoms with E-state index in [1.165, 1.54) is 11.3 Å². The summed E-state index contributed by atoms with van der Waals surface area (Å²) < 4.78 is 5.21. The first-order chi connectivity index (χ1) is 14.9. The number of hydrogen-bond donors (Lipinski definition) is 1. The van der Waals surface area contributed by atoms with E-state index in [1.807, 2.05) is 7.05 Å². The van der Waals surface area contributed by atoms with Gasteiger partial charge in [-0.15, -0.1) is 11.3 Å². The topological polar surface area (TPSA) is 96.0 Å². The quantitative estimate of drug-likeness (QED) is 0.547. The van der Waals surface area contributed by atoms with Gasteiger partial charge in [0.05, 0.1) is 23.3 Å². The number of anilines is 1. The molecule has 0 saturated heterocycles. The standard InChI is InChI=1S/C22H23N3O5S/c1-3-30-22(29)18-15-8-10-24(2)12-16(15)31-19(18)23-17(26)9-11-25-20(27)13-6-4-5-7-14(13)21(25)28/h4-7H,3,8-12H2,1-2H3,(H,23,26). The van der Waals surface area contributed by atoms with E-state index in [-0.39, 0.29) is 25.5 Å². The van der Waals surface area contributed by atoms with Gasteiger partial charge in [-0.05, 0) is 38.1 Å². The third-order valence-electron chi connectivity index (χ3n) is 5.42. The van der Waals surface area contributed by atoms with Crippen molar-refractivity contribution in [1.29, 1.82) is 0 Å². The van der Waals surface area contributed by atoms with Gasteiger partial charge in [0.1, 0.15) is 5.00 Å². The fraction of sp³-hybridized carbons (Fsp3) is 0.364. The molecule has 2 aliphatic heterocycles. The Balaban J connectivity index is 1.47. The number of esters is 1. The van der Waals surface area contributed by atoms with Crippen LogP contribution in [0.4, 0.5) is 5.00 Å². The highest BCUT2D eigenvalue weighted by atomic mass is 32.1. The van der Waals surface area contributed by atoms with E-state index >= 15 is 0 Å². The summed E-state index contributed by atoms with van der Waals surface area (Å²) in [4.78, 5) is 54.4. The van der Waals surface area contributed by atoms with Gasteiger partial charge in [0.15, 0.2) is 0 Å². The minimum absolute atomic E-state index is 0.0270. The number of imide groups is 1. The molecule has 31 heavy (non-hydrogen) atoms. The number of hydrogen-bond acceptors (Lipinski definition) is 7. The summed E-state index contributed by atoms with van der Waals surface area (Å²) in [6.07, 6.45) is 0.650. The zero-order valence-corrected chi connectivity index (χ0v) is 18.2. The minimum atomic E-state index is -0.444. The maximum absolute atomic E-state index is 12.6. The number of carbonyl (C=O) groups is 4. The van der Waals surface area contributed by atoms with Gasteiger partial charge in [0, 0.05) is 30.9 Å². The Bertz CT molecular complexity index is 1040. The third-order valence-corrected chi connectivity index (χ3v) is 6.55. The molecule has 9 heteroatoms. The van der Waals surface area contributed by atoms with Gasteiger partial charge in [0.25, 0.3) is 11.8 Å². The molecule has 0 spiro atoms. The van der Waals surface area contributed by atoms with Crippen molar-refractivity contribution in [2.24, 2.45) is 0 Å². The molecule has 0 bridgehead atoms. The lowest BCUT2D eigenvalue weighted by molar-refractivity contribution is -0.116. The third kappa shape index (κ3) is 3.98. The molecule has 0 unspecified atom stereocenters. The predicted molar refractivity (Wildman–Crippen MR) is 115 cm³/mol. The molecule has 0 fully saturated rings. The van der Waals surface area contributed by atoms with Crippen LogP contribution < -0.4 is 5.32 Å². The Hall–Kier alpha value is -3.04. The van der Waals surface area contributed by atoms with Gasteiger partial charge in [-0.1, -0.05) is 12.1 Å². The largest absolute Gasteiger partial charge is 0.462 e. The van der Waals surface area contributed by atoms with E-state index in [0.29, 0.717) is 34.7 Å². The van der Waals surface area contributed by atoms with Crippen LogP contribution in [0, 0.1) is 0 Å². The van der Waals surface area contributed by atoms with Crippen LogP contribution in [0.2, 0.25) is 0 Å². The van der Waals surface area contributed by atoms with Crippen molar-refractivity contribution >= 4 is 40.0 Å². The van der Waals surface area contributed by atoms with Gasteiger partial charge in [-0.25, -0.2) is 4.79 Å². The number of ether oxygens (including phenoxy) is 1. The van der Waals surface area contributed by atoms with E-state index < -0.39 is 17.8 Å². The first kappa shape index (κ1) is 21.2. The summed E-state index contributed by atoms with van der Waals surface area (Å²) in [5.41, 5.74) is 2.06. The summed E-state index contributed by atoms with van der Waals surface area (Å²) >= 11 is 1.38. The molecule has 0 aliphatic carbocycles. The average molecular weight is 442 g/mol. The smallest absolute Gasteiger partial charge is 0.341 e. The molecule has 8 nitrogen and oxygen atoms in total. The number of nitrogens with one attached hydrogen (secondary N) is 1. The number of nitrogens with zero attached hydrogens (tertiary/aromatic N) is 2. The van der Waals surface area contributed by atoms with Crippen molar-refractivity contribution in [3.8, 4) is 0 Å². The van der Waals surface area contributed by atoms with E-state index in [2.05, 4.69) is 10.2 Å². The van der Waals surface area contributed by atoms with Crippen LogP contribution in [0.1, 0.15) is 54.9 Å². The Morgan fingerprint density at radius 2 is 1.84 bits per heavy atom. The number of amides is 3. The predicted octanol–water partition coefficient (Wildman–Crippen LogP) is 2.54. The second-order valence-electron chi connectivity index (χ2n) is 7.52. The number of carbonyl (C=O) groups excluding carboxylic acids is 4. The molecule has 1 aromatic heterocycles. The van der Waals surface area contributed by atoms with Gasteiger partial charge in [0.2, 0.25) is 5.91 Å². The van der Waals surface area contributed by atoms with E-state index in [4.69, 9.17) is 4.74 Å². The Labute approximate surface area is 183 Å². The molecule has 1 N–H and O–H groups in total. The Kier molecular flexibility index (Phi) is 5.88. The zero-order valence-electron chi connectivity index (χ0n) is 17.4. The van der Waals surface area contributed by atoms with Crippen molar-refractivity contribution in [3.05, 3.63) is 51.4 Å². The molecule has 4 rings (SSSR count). The van der Waals surface area contributed by atoms with Crippen molar-refractivity contribution in [2.75, 3.05) is 32.1 Å². The Morgan fingerprint density at radius 3 is 2.48 bits per heavy atom. The normalized spacial score (nSPS) is 15.6. The van der Waals surface area contributed by atoms with Crippen molar-refractivity contribution < 1.29 is 23.9 Å². The maximum atomic E-state index is 12.6. The second-order valence-corrected chi connectivity index (χ2v) is 8.63. The van der Waals surface area contributed by atoms with E-state index in [1.54, 1.807) is 31.2 Å². The highest BCUT2D eigenvalue weighted by Gasteiger charge is 2.35. The highest BCUT2D eigenvalue weighted by molar-refractivity contribution is 7.17. The molecule has 0 atom stereocenters. The summed E-state index contributed by atoms with van der Waals surface area (Å²) in [5.74, 6) is -1.60. The first-order valence-electron chi connectivity index (χ1n) is 10.2. The summed E-state index contributed by atoms with van der Waals surface area (Å²) in [5, 5.41) is 3.27. The minimum Gasteiger partial charge on any atom is -0.462 e. The number of thiophene rings is 1. The molecule has 162 valence electrons. The van der Waals surface area contributed by atoms with Crippen LogP contribution in [0.15, 0.2) is 24.3 Å². The summed E-state index contributed by atoms with van der Waals surface area (Å²) in [6, 6.07) is 6.61. The Morgan fingerprint density at radius 1 is 1.16 bits per heavy atom. The molecule has 2 aromatic rings. The SMILES string of the molecule is CCOC(=O)c1c(NC(=O)CCN2C(=O)c3ccccc3C2=O)sc2c1CCN(C)C2. The van der Waals surface area contributed by atoms with Crippen LogP contribution in [0.25, 0.3) is 0 Å². The van der Waals surface area contributed by atoms with Crippen LogP contribution in [0.5, 0.6) is 0 Å². The molecule has 3 heterocycles. The average Bonchev–Trinajstić information content (AvgIpc) is 3.21. The van der Waals surface area contributed by atoms with Crippen LogP contribution >= 0.6 is 11.3 Å². The molecule has 0 radical (unpaired) electrons. The molecule has 3 amide bonds. The molecule has 2 aliphatic rings. The van der Waals surface area contributed by atoms with E-state index in [0.717, 1.165) is 21.9 Å². The number of fused-ring (bicyclic) bond motifs is 2. The van der Waals surface area contributed by atoms with Crippen LogP contribution in [-0.4, -0.2) is 60.2 Å². The van der Waals surface area contributed by atoms with Gasteiger partial charge in [-0.3, -0.25) is 19.3 Å². The van der Waals surface area contributed by atoms with Gasteiger partial charge < -0.3 is 15.0 Å². The fourth-order valence-electron chi connectivity index (χ4n) is 3.88. The van der Waals surface area contributed by atoms with Crippen molar-refractivity contribution in [3.63, 3.8) is 0 Å². The van der Waals surface area contributed by atoms with Crippen LogP contribution in [-0.2, 0) is 22.5 Å². The number of rotatable bonds is 6. The lowest BCUT2D eigenvalue weighted by atomic mass is 10.0. The van der Waals surface area contributed by atoms with Crippen molar-refractivity contribution in [1.82, 2.24) is 9.80 Å². The summed E-state index contributed by atoms with van der Waals surface area (Å²) in [7, 11) is 2.01. The molecule has 1 aromatic carbocycles. The number of likely N-dealkylation sites (N-methyl/N-ethyl adjacent to an activating group) is 1. The molecular weight excluding hydrogens is 418 g/mol. The second kappa shape index (κ2) is 8.60. The maximum Gasteiger partial charge on any atom is 0.341 e. The monoisotopic (exact) mass is 441 g/mol. The first-order valence-corrected chi connectivity index (χ1v) is 11.0.